The average molecular weight is 335 g/mol. The fourth-order valence-electron chi connectivity index (χ4n) is 2.58. The highest BCUT2D eigenvalue weighted by Crippen LogP contribution is 2.43. The number of hydrogen-bond acceptors (Lipinski definition) is 3. The fraction of sp³-hybridized carbons (Fsp3) is 0.500. The Hall–Kier alpha value is -0.140. The zero-order valence-corrected chi connectivity index (χ0v) is 10.9. The Morgan fingerprint density at radius 2 is 2.33 bits per heavy atom. The van der Waals surface area contributed by atoms with Gasteiger partial charge in [0.2, 0.25) is 0 Å². The Bertz CT molecular complexity index is 443. The maximum Gasteiger partial charge on any atom is 0.337 e. The normalized spacial score (nSPS) is 27.8. The zero-order valence-electron chi connectivity index (χ0n) is 7.92. The van der Waals surface area contributed by atoms with E-state index in [1.165, 1.54) is 11.3 Å². The molecule has 2 aliphatic rings. The zero-order chi connectivity index (χ0) is 10.6. The summed E-state index contributed by atoms with van der Waals surface area (Å²) in [6.07, 6.45) is 3.24. The van der Waals surface area contributed by atoms with Gasteiger partial charge < -0.3 is 10.4 Å². The van der Waals surface area contributed by atoms with Crippen LogP contribution in [0.3, 0.4) is 0 Å². The number of halogens is 1. The summed E-state index contributed by atoms with van der Waals surface area (Å²) in [6, 6.07) is 0.927. The maximum absolute atomic E-state index is 11.2. The highest BCUT2D eigenvalue weighted by Gasteiger charge is 2.37. The van der Waals surface area contributed by atoms with Crippen LogP contribution >= 0.6 is 33.9 Å². The highest BCUT2D eigenvalue weighted by molar-refractivity contribution is 14.1. The molecular formula is C10H10INO2S. The van der Waals surface area contributed by atoms with E-state index in [0.29, 0.717) is 17.6 Å². The quantitative estimate of drug-likeness (QED) is 0.775. The summed E-state index contributed by atoms with van der Waals surface area (Å²) in [5, 5.41) is 12.7. The lowest BCUT2D eigenvalue weighted by molar-refractivity contribution is 0.0695. The fourth-order valence-corrected chi connectivity index (χ4v) is 4.99. The van der Waals surface area contributed by atoms with Crippen LogP contribution in [0, 0.1) is 2.88 Å². The van der Waals surface area contributed by atoms with Crippen molar-refractivity contribution in [2.75, 3.05) is 0 Å². The van der Waals surface area contributed by atoms with Gasteiger partial charge in [0.15, 0.2) is 0 Å². The molecule has 1 saturated heterocycles. The first kappa shape index (κ1) is 10.0. The molecule has 2 N–H and O–H groups in total. The number of carboxylic acids is 1. The number of rotatable bonds is 1. The topological polar surface area (TPSA) is 49.3 Å². The van der Waals surface area contributed by atoms with Gasteiger partial charge in [-0.05, 0) is 47.4 Å². The second-order valence-electron chi connectivity index (χ2n) is 4.10. The van der Waals surface area contributed by atoms with Gasteiger partial charge in [0.1, 0.15) is 0 Å². The number of aromatic carboxylic acids is 1. The third-order valence-electron chi connectivity index (χ3n) is 3.22. The molecule has 3 nitrogen and oxygen atoms in total. The van der Waals surface area contributed by atoms with Gasteiger partial charge in [0.25, 0.3) is 0 Å². The minimum absolute atomic E-state index is 0.422. The molecule has 1 fully saturated rings. The number of nitrogens with one attached hydrogen (secondary N) is 1. The van der Waals surface area contributed by atoms with E-state index in [9.17, 15) is 9.90 Å². The van der Waals surface area contributed by atoms with Crippen LogP contribution in [0.2, 0.25) is 0 Å². The van der Waals surface area contributed by atoms with Gasteiger partial charge in [-0.2, -0.15) is 0 Å². The number of carbonyl (C=O) groups is 1. The first-order chi connectivity index (χ1) is 7.16. The van der Waals surface area contributed by atoms with Crippen LogP contribution in [0.5, 0.6) is 0 Å². The minimum atomic E-state index is -0.766. The average Bonchev–Trinajstić information content (AvgIpc) is 2.69. The van der Waals surface area contributed by atoms with Gasteiger partial charge in [-0.15, -0.1) is 11.3 Å². The van der Waals surface area contributed by atoms with Crippen molar-refractivity contribution in [3.63, 3.8) is 0 Å². The van der Waals surface area contributed by atoms with Gasteiger partial charge in [-0.1, -0.05) is 0 Å². The lowest BCUT2D eigenvalue weighted by Gasteiger charge is -2.21. The molecule has 3 rings (SSSR count). The van der Waals surface area contributed by atoms with Gasteiger partial charge in [0.05, 0.1) is 8.45 Å². The van der Waals surface area contributed by atoms with Gasteiger partial charge in [-0.3, -0.25) is 0 Å². The molecule has 3 heterocycles. The Morgan fingerprint density at radius 1 is 1.53 bits per heavy atom. The second-order valence-corrected chi connectivity index (χ2v) is 6.96. The highest BCUT2D eigenvalue weighted by atomic mass is 127. The monoisotopic (exact) mass is 335 g/mol. The number of thiophene rings is 1. The summed E-state index contributed by atoms with van der Waals surface area (Å²) in [4.78, 5) is 12.4. The van der Waals surface area contributed by atoms with Crippen LogP contribution in [0.1, 0.15) is 39.7 Å². The molecule has 0 aliphatic carbocycles. The van der Waals surface area contributed by atoms with Crippen LogP contribution in [0.15, 0.2) is 0 Å². The van der Waals surface area contributed by atoms with Crippen molar-refractivity contribution in [1.29, 1.82) is 0 Å². The molecular weight excluding hydrogens is 325 g/mol. The van der Waals surface area contributed by atoms with E-state index in [1.54, 1.807) is 11.3 Å². The molecule has 2 atom stereocenters. The predicted molar refractivity (Wildman–Crippen MR) is 66.6 cm³/mol. The molecule has 0 spiro atoms. The Balaban J connectivity index is 2.17. The molecule has 2 bridgehead atoms. The number of hydrogen-bond donors (Lipinski definition) is 2. The third kappa shape index (κ3) is 1.43. The molecule has 0 radical (unpaired) electrons. The van der Waals surface area contributed by atoms with E-state index < -0.39 is 5.97 Å². The van der Waals surface area contributed by atoms with Crippen molar-refractivity contribution in [3.05, 3.63) is 18.9 Å². The summed E-state index contributed by atoms with van der Waals surface area (Å²) in [5.41, 5.74) is 1.66. The number of carboxylic acid groups (broad SMARTS) is 1. The largest absolute Gasteiger partial charge is 0.478 e. The number of fused-ring (bicyclic) bond motifs is 4. The molecule has 2 aliphatic heterocycles. The molecule has 0 amide bonds. The van der Waals surface area contributed by atoms with Crippen molar-refractivity contribution >= 4 is 39.9 Å². The lowest BCUT2D eigenvalue weighted by Crippen LogP contribution is -2.31. The van der Waals surface area contributed by atoms with Crippen molar-refractivity contribution in [2.45, 2.75) is 31.3 Å². The van der Waals surface area contributed by atoms with Crippen molar-refractivity contribution < 1.29 is 9.90 Å². The smallest absolute Gasteiger partial charge is 0.337 e. The Kier molecular flexibility index (Phi) is 2.29. The molecule has 0 aromatic carbocycles. The summed E-state index contributed by atoms with van der Waals surface area (Å²) >= 11 is 3.80. The van der Waals surface area contributed by atoms with E-state index in [0.717, 1.165) is 21.3 Å². The van der Waals surface area contributed by atoms with Gasteiger partial charge in [0, 0.05) is 17.0 Å². The minimum Gasteiger partial charge on any atom is -0.478 e. The Labute approximate surface area is 105 Å². The van der Waals surface area contributed by atoms with Crippen molar-refractivity contribution in [1.82, 2.24) is 5.32 Å². The van der Waals surface area contributed by atoms with Crippen LogP contribution < -0.4 is 5.32 Å². The van der Waals surface area contributed by atoms with E-state index in [1.807, 2.05) is 0 Å². The van der Waals surface area contributed by atoms with Gasteiger partial charge >= 0.3 is 5.97 Å². The second kappa shape index (κ2) is 3.43. The summed E-state index contributed by atoms with van der Waals surface area (Å²) < 4.78 is 0.930. The van der Waals surface area contributed by atoms with Crippen LogP contribution in [0.25, 0.3) is 0 Å². The van der Waals surface area contributed by atoms with Crippen LogP contribution in [-0.2, 0) is 6.42 Å². The van der Waals surface area contributed by atoms with Gasteiger partial charge in [-0.25, -0.2) is 4.79 Å². The maximum atomic E-state index is 11.2. The predicted octanol–water partition coefficient (Wildman–Crippen LogP) is 2.40. The van der Waals surface area contributed by atoms with Crippen molar-refractivity contribution in [3.8, 4) is 0 Å². The molecule has 2 unspecified atom stereocenters. The van der Waals surface area contributed by atoms with Crippen molar-refractivity contribution in [2.24, 2.45) is 0 Å². The molecule has 5 heteroatoms. The summed E-state index contributed by atoms with van der Waals surface area (Å²) in [7, 11) is 0. The lowest BCUT2D eigenvalue weighted by atomic mass is 9.99. The van der Waals surface area contributed by atoms with E-state index in [4.69, 9.17) is 0 Å². The van der Waals surface area contributed by atoms with Crippen LogP contribution in [0.4, 0.5) is 0 Å². The molecule has 80 valence electrons. The standard InChI is InChI=1S/C10H10INO2S/c11-9-7(10(13)14)5-3-4-1-2-6(12-4)8(5)15-9/h4,6,12H,1-3H2,(H,13,14). The van der Waals surface area contributed by atoms with E-state index >= 15 is 0 Å². The van der Waals surface area contributed by atoms with E-state index in [2.05, 4.69) is 27.9 Å². The molecule has 0 saturated carbocycles. The summed E-state index contributed by atoms with van der Waals surface area (Å²) in [5.74, 6) is -0.766. The Morgan fingerprint density at radius 3 is 3.07 bits per heavy atom. The molecule has 1 aromatic rings. The van der Waals surface area contributed by atoms with Crippen LogP contribution in [-0.4, -0.2) is 17.1 Å². The molecule has 1 aromatic heterocycles. The third-order valence-corrected chi connectivity index (χ3v) is 5.55. The molecule has 15 heavy (non-hydrogen) atoms. The summed E-state index contributed by atoms with van der Waals surface area (Å²) in [6.45, 7) is 0. The first-order valence-corrected chi connectivity index (χ1v) is 6.86. The SMILES string of the molecule is O=C(O)c1c(I)sc2c1CC1CCC2N1. The van der Waals surface area contributed by atoms with E-state index in [-0.39, 0.29) is 0 Å². The first-order valence-electron chi connectivity index (χ1n) is 4.97.